The smallest absolute Gasteiger partial charge is 0.335 e. The van der Waals surface area contributed by atoms with Gasteiger partial charge in [0.15, 0.2) is 31.9 Å². The van der Waals surface area contributed by atoms with Crippen molar-refractivity contribution in [3.8, 4) is 0 Å². The Bertz CT molecular complexity index is 3360. The average Bonchev–Trinajstić information content (AvgIpc) is 4.18. The van der Waals surface area contributed by atoms with Crippen LogP contribution in [0.3, 0.4) is 0 Å². The Balaban J connectivity index is 0.923. The highest BCUT2D eigenvalue weighted by molar-refractivity contribution is 8.07. The quantitative estimate of drug-likeness (QED) is 0.0530. The summed E-state index contributed by atoms with van der Waals surface area (Å²) in [7, 11) is 0.527. The lowest BCUT2D eigenvalue weighted by Gasteiger charge is -2.40. The van der Waals surface area contributed by atoms with Crippen LogP contribution in [0.1, 0.15) is 55.5 Å². The van der Waals surface area contributed by atoms with Crippen molar-refractivity contribution in [2.24, 2.45) is 0 Å². The standard InChI is InChI=1S/C56H66N7O12PSSi/c1-56(2,3)78(6,7)75-47-43(73-52(49(47)68-5)60-29-28-44(64)63(55(60)66)37-69-33-41-26-18-11-19-27-41)35-71-76(77)70-34-42-46(74-76)48(67-4)53(72-42)62-36-57-45-50(62)58-54(61(51(45)65)32-40-24-16-10-17-25-40)59(30-38-20-12-8-13-21-38)31-39-22-14-9-15-23-39/h8-29,36,42-43,46-49,52-53H,30-35,37H2,1-7H3/t42-,43-,46-,47-,48-,49-,52-,53-,76-/m1/s1. The molecule has 10 rings (SSSR count). The topological polar surface area (TPSA) is 183 Å². The summed E-state index contributed by atoms with van der Waals surface area (Å²) < 4.78 is 63.8. The van der Waals surface area contributed by atoms with Crippen LogP contribution in [0, 0.1) is 0 Å². The number of fused-ring (bicyclic) bond motifs is 2. The Hall–Kier alpha value is -5.78. The zero-order valence-corrected chi connectivity index (χ0v) is 47.4. The average molecular weight is 1120 g/mol. The number of nitrogens with zero attached hydrogens (tertiary/aromatic N) is 7. The molecule has 3 saturated heterocycles. The largest absolute Gasteiger partial charge is 0.408 e. The molecule has 22 heteroatoms. The number of anilines is 1. The normalized spacial score (nSPS) is 24.4. The van der Waals surface area contributed by atoms with Gasteiger partial charge in [-0.1, -0.05) is 142 Å². The van der Waals surface area contributed by atoms with Crippen molar-refractivity contribution < 1.29 is 41.7 Å². The fourth-order valence-corrected chi connectivity index (χ4v) is 13.2. The summed E-state index contributed by atoms with van der Waals surface area (Å²) in [4.78, 5) is 54.3. The Labute approximate surface area is 458 Å². The van der Waals surface area contributed by atoms with Crippen molar-refractivity contribution >= 4 is 44.0 Å². The molecule has 3 aliphatic heterocycles. The monoisotopic (exact) mass is 1120 g/mol. The number of rotatable bonds is 20. The van der Waals surface area contributed by atoms with E-state index in [4.69, 9.17) is 58.5 Å². The van der Waals surface area contributed by atoms with Crippen LogP contribution in [-0.2, 0) is 86.5 Å². The first-order valence-electron chi connectivity index (χ1n) is 25.9. The number of hydrogen-bond acceptors (Lipinski definition) is 16. The van der Waals surface area contributed by atoms with Gasteiger partial charge in [-0.15, -0.1) is 0 Å². The van der Waals surface area contributed by atoms with E-state index >= 15 is 0 Å². The maximum Gasteiger partial charge on any atom is 0.335 e. The number of benzene rings is 4. The van der Waals surface area contributed by atoms with Crippen molar-refractivity contribution in [3.05, 3.63) is 193 Å². The highest BCUT2D eigenvalue weighted by Crippen LogP contribution is 2.58. The van der Waals surface area contributed by atoms with Gasteiger partial charge in [0.1, 0.15) is 43.4 Å². The van der Waals surface area contributed by atoms with Gasteiger partial charge in [0.2, 0.25) is 5.95 Å². The van der Waals surface area contributed by atoms with E-state index in [9.17, 15) is 14.4 Å². The highest BCUT2D eigenvalue weighted by atomic mass is 32.5. The van der Waals surface area contributed by atoms with E-state index in [0.29, 0.717) is 24.7 Å². The first-order valence-corrected chi connectivity index (χ1v) is 31.4. The molecule has 3 fully saturated rings. The Morgan fingerprint density at radius 2 is 1.33 bits per heavy atom. The third-order valence-corrected chi connectivity index (χ3v) is 21.7. The van der Waals surface area contributed by atoms with Gasteiger partial charge >= 0.3 is 12.4 Å². The summed E-state index contributed by atoms with van der Waals surface area (Å²) in [5.74, 6) is 0.445. The maximum absolute atomic E-state index is 14.9. The molecule has 0 unspecified atom stereocenters. The van der Waals surface area contributed by atoms with Gasteiger partial charge in [0, 0.05) is 39.6 Å². The van der Waals surface area contributed by atoms with E-state index < -0.39 is 75.4 Å². The van der Waals surface area contributed by atoms with E-state index in [1.807, 2.05) is 97.1 Å². The Morgan fingerprint density at radius 1 is 0.744 bits per heavy atom. The predicted molar refractivity (Wildman–Crippen MR) is 299 cm³/mol. The minimum Gasteiger partial charge on any atom is -0.408 e. The molecule has 19 nitrogen and oxygen atoms in total. The van der Waals surface area contributed by atoms with E-state index in [1.54, 1.807) is 22.6 Å². The first-order chi connectivity index (χ1) is 37.5. The van der Waals surface area contributed by atoms with Crippen LogP contribution >= 0.6 is 6.72 Å². The molecule has 3 aliphatic rings. The molecule has 0 spiro atoms. The van der Waals surface area contributed by atoms with Gasteiger partial charge in [-0.25, -0.2) is 14.3 Å². The second-order valence-electron chi connectivity index (χ2n) is 21.2. The fourth-order valence-electron chi connectivity index (χ4n) is 9.80. The summed E-state index contributed by atoms with van der Waals surface area (Å²) in [6.45, 7) is 7.92. The van der Waals surface area contributed by atoms with Crippen molar-refractivity contribution in [2.75, 3.05) is 32.3 Å². The lowest BCUT2D eigenvalue weighted by molar-refractivity contribution is -0.0762. The van der Waals surface area contributed by atoms with Gasteiger partial charge in [-0.3, -0.25) is 27.8 Å². The lowest BCUT2D eigenvalue weighted by Crippen LogP contribution is -2.50. The van der Waals surface area contributed by atoms with Crippen molar-refractivity contribution in [3.63, 3.8) is 0 Å². The molecule has 0 saturated carbocycles. The number of methoxy groups -OCH3 is 2. The molecule has 0 bridgehead atoms. The zero-order chi connectivity index (χ0) is 54.8. The van der Waals surface area contributed by atoms with Gasteiger partial charge < -0.3 is 42.1 Å². The number of ether oxygens (including phenoxy) is 5. The molecular formula is C56H66N7O12PSSi. The van der Waals surface area contributed by atoms with Crippen LogP contribution in [0.2, 0.25) is 18.1 Å². The van der Waals surface area contributed by atoms with Gasteiger partial charge in [0.05, 0.1) is 32.7 Å². The molecule has 412 valence electrons. The third kappa shape index (κ3) is 11.7. The molecule has 3 aromatic heterocycles. The van der Waals surface area contributed by atoms with E-state index in [0.717, 1.165) is 26.8 Å². The summed E-state index contributed by atoms with van der Waals surface area (Å²) >= 11 is 6.11. The minimum atomic E-state index is -3.59. The van der Waals surface area contributed by atoms with Gasteiger partial charge in [-0.2, -0.15) is 4.98 Å². The molecule has 0 aliphatic carbocycles. The lowest BCUT2D eigenvalue weighted by atomic mass is 10.1. The van der Waals surface area contributed by atoms with Crippen LogP contribution in [0.15, 0.2) is 154 Å². The zero-order valence-electron chi connectivity index (χ0n) is 44.7. The van der Waals surface area contributed by atoms with Crippen LogP contribution in [-0.4, -0.2) is 101 Å². The number of hydrogen-bond donors (Lipinski definition) is 0. The predicted octanol–water partition coefficient (Wildman–Crippen LogP) is 7.92. The summed E-state index contributed by atoms with van der Waals surface area (Å²) in [6.07, 6.45) is -3.65. The van der Waals surface area contributed by atoms with Crippen LogP contribution in [0.25, 0.3) is 11.2 Å². The number of aromatic nitrogens is 6. The second kappa shape index (κ2) is 23.5. The molecule has 0 N–H and O–H groups in total. The fraction of sp³-hybridized carbons (Fsp3) is 0.411. The molecule has 0 amide bonds. The number of imidazole rings is 1. The van der Waals surface area contributed by atoms with E-state index in [-0.39, 0.29) is 49.2 Å². The molecule has 78 heavy (non-hydrogen) atoms. The second-order valence-corrected chi connectivity index (χ2v) is 28.9. The SMILES string of the molecule is CO[C@@H]1[C@H](O[Si](C)(C)C(C)(C)C)[C@@H](CO[P@]2(=S)OC[C@H]3O[C@@H](n4cnc5c(=O)n(Cc6ccccc6)c(N(Cc6ccccc6)Cc6ccccc6)nc54)[C@H](OC)[C@@H]3O2)O[C@H]1n1ccc(=O)n(COCc2ccccc2)c1=O. The van der Waals surface area contributed by atoms with Gasteiger partial charge in [0.25, 0.3) is 11.1 Å². The Kier molecular flexibility index (Phi) is 16.7. The minimum absolute atomic E-state index is 0.00253. The van der Waals surface area contributed by atoms with E-state index in [1.165, 1.54) is 23.9 Å². The first kappa shape index (κ1) is 55.5. The van der Waals surface area contributed by atoms with Crippen LogP contribution in [0.4, 0.5) is 5.95 Å². The van der Waals surface area contributed by atoms with Crippen molar-refractivity contribution in [1.29, 1.82) is 0 Å². The third-order valence-electron chi connectivity index (χ3n) is 14.9. The summed E-state index contributed by atoms with van der Waals surface area (Å²) in [5.41, 5.74) is 2.84. The van der Waals surface area contributed by atoms with Gasteiger partial charge in [-0.05, 0) is 52.2 Å². The summed E-state index contributed by atoms with van der Waals surface area (Å²) in [6, 6.07) is 40.7. The molecular weight excluding hydrogens is 1050 g/mol. The van der Waals surface area contributed by atoms with Crippen LogP contribution < -0.4 is 21.7 Å². The van der Waals surface area contributed by atoms with Crippen molar-refractivity contribution in [2.45, 2.75) is 121 Å². The van der Waals surface area contributed by atoms with Crippen molar-refractivity contribution in [1.82, 2.24) is 28.2 Å². The molecule has 4 aromatic carbocycles. The van der Waals surface area contributed by atoms with E-state index in [2.05, 4.69) is 68.0 Å². The maximum atomic E-state index is 14.9. The molecule has 7 aromatic rings. The molecule has 9 atom stereocenters. The Morgan fingerprint density at radius 3 is 1.94 bits per heavy atom. The van der Waals surface area contributed by atoms with Crippen LogP contribution in [0.5, 0.6) is 0 Å². The molecule has 6 heterocycles. The summed E-state index contributed by atoms with van der Waals surface area (Å²) in [5, 5.41) is -0.222. The highest BCUT2D eigenvalue weighted by Gasteiger charge is 2.55. The molecule has 0 radical (unpaired) electrons.